The summed E-state index contributed by atoms with van der Waals surface area (Å²) in [5, 5.41) is 6.43. The Bertz CT molecular complexity index is 763. The summed E-state index contributed by atoms with van der Waals surface area (Å²) in [7, 11) is 0. The van der Waals surface area contributed by atoms with Crippen LogP contribution in [0.4, 0.5) is 5.69 Å². The number of anilines is 1. The fraction of sp³-hybridized carbons (Fsp3) is 0.350. The first-order chi connectivity index (χ1) is 12.2. The monoisotopic (exact) mass is 337 g/mol. The largest absolute Gasteiger partial charge is 0.326 e. The maximum atomic E-state index is 12.6. The molecule has 2 aliphatic rings. The predicted molar refractivity (Wildman–Crippen MR) is 96.8 cm³/mol. The van der Waals surface area contributed by atoms with Gasteiger partial charge in [0.05, 0.1) is 5.92 Å². The van der Waals surface area contributed by atoms with E-state index in [-0.39, 0.29) is 24.2 Å². The van der Waals surface area contributed by atoms with Crippen molar-refractivity contribution in [2.75, 3.05) is 5.32 Å². The average Bonchev–Trinajstić information content (AvgIpc) is 3.29. The van der Waals surface area contributed by atoms with Crippen LogP contribution >= 0.6 is 0 Å². The molecule has 1 aliphatic carbocycles. The molecule has 1 saturated heterocycles. The summed E-state index contributed by atoms with van der Waals surface area (Å²) in [5.74, 6) is -0.00223. The van der Waals surface area contributed by atoms with Crippen LogP contribution in [0.5, 0.6) is 0 Å². The van der Waals surface area contributed by atoms with Gasteiger partial charge in [-0.15, -0.1) is 0 Å². The number of hydrogen-bond donors (Lipinski definition) is 3. The summed E-state index contributed by atoms with van der Waals surface area (Å²) < 4.78 is 0. The lowest BCUT2D eigenvalue weighted by Gasteiger charge is -2.15. The minimum atomic E-state index is -0.0756. The van der Waals surface area contributed by atoms with E-state index in [0.717, 1.165) is 36.1 Å². The van der Waals surface area contributed by atoms with Crippen LogP contribution in [-0.2, 0) is 16.1 Å². The third-order valence-corrected chi connectivity index (χ3v) is 4.99. The molecular weight excluding hydrogens is 314 g/mol. The number of benzene rings is 2. The maximum Gasteiger partial charge on any atom is 0.231 e. The molecule has 0 aromatic heterocycles. The Balaban J connectivity index is 1.48. The molecule has 5 heteroatoms. The van der Waals surface area contributed by atoms with Gasteiger partial charge in [0.1, 0.15) is 12.4 Å². The summed E-state index contributed by atoms with van der Waals surface area (Å²) in [6.45, 7) is 2.08. The Hall–Kier alpha value is -2.21. The number of aryl methyl sites for hydroxylation is 1. The summed E-state index contributed by atoms with van der Waals surface area (Å²) >= 11 is 0. The standard InChI is InChI=1S/C20H23N3O2/c1-2-18-22-19(23-25-18)14-9-10-16-13(12-14)8-11-17(16)20(24)21-15-6-4-3-5-7-15/h3-7,9-10,12,17-19,22-23H,2,8,11H2,1H3,(H,21,24)/t17-,18?,19?/m1/s1. The minimum Gasteiger partial charge on any atom is -0.326 e. The highest BCUT2D eigenvalue weighted by Gasteiger charge is 2.30. The Kier molecular flexibility index (Phi) is 4.53. The molecule has 0 bridgehead atoms. The van der Waals surface area contributed by atoms with Crippen molar-refractivity contribution in [1.82, 2.24) is 10.8 Å². The van der Waals surface area contributed by atoms with Gasteiger partial charge in [-0.1, -0.05) is 43.3 Å². The molecule has 2 aromatic carbocycles. The molecule has 4 rings (SSSR count). The minimum absolute atomic E-state index is 0.00689. The second-order valence-electron chi connectivity index (χ2n) is 6.64. The van der Waals surface area contributed by atoms with Crippen molar-refractivity contribution < 1.29 is 9.63 Å². The molecule has 130 valence electrons. The molecule has 0 saturated carbocycles. The number of hydroxylamine groups is 1. The molecule has 2 unspecified atom stereocenters. The molecule has 5 nitrogen and oxygen atoms in total. The predicted octanol–water partition coefficient (Wildman–Crippen LogP) is 3.21. The second-order valence-corrected chi connectivity index (χ2v) is 6.64. The van der Waals surface area contributed by atoms with Crippen molar-refractivity contribution in [3.05, 3.63) is 65.2 Å². The molecule has 0 spiro atoms. The third-order valence-electron chi connectivity index (χ3n) is 4.99. The number of rotatable bonds is 4. The van der Waals surface area contributed by atoms with Crippen LogP contribution in [0.15, 0.2) is 48.5 Å². The molecule has 1 aliphatic heterocycles. The molecule has 2 aromatic rings. The number of carbonyl (C=O) groups excluding carboxylic acids is 1. The van der Waals surface area contributed by atoms with Gasteiger partial charge < -0.3 is 5.32 Å². The maximum absolute atomic E-state index is 12.6. The van der Waals surface area contributed by atoms with E-state index in [1.807, 2.05) is 30.3 Å². The van der Waals surface area contributed by atoms with Gasteiger partial charge in [0.2, 0.25) is 5.91 Å². The van der Waals surface area contributed by atoms with Crippen LogP contribution in [0.3, 0.4) is 0 Å². The zero-order chi connectivity index (χ0) is 17.2. The second kappa shape index (κ2) is 6.96. The first kappa shape index (κ1) is 16.3. The van der Waals surface area contributed by atoms with E-state index in [2.05, 4.69) is 41.2 Å². The lowest BCUT2D eigenvalue weighted by atomic mass is 9.98. The van der Waals surface area contributed by atoms with E-state index in [1.165, 1.54) is 5.56 Å². The van der Waals surface area contributed by atoms with Gasteiger partial charge in [-0.3, -0.25) is 14.9 Å². The lowest BCUT2D eigenvalue weighted by molar-refractivity contribution is -0.117. The van der Waals surface area contributed by atoms with E-state index in [0.29, 0.717) is 0 Å². The smallest absolute Gasteiger partial charge is 0.231 e. The normalized spacial score (nSPS) is 24.9. The Morgan fingerprint density at radius 3 is 2.84 bits per heavy atom. The highest BCUT2D eigenvalue weighted by Crippen LogP contribution is 2.35. The van der Waals surface area contributed by atoms with Gasteiger partial charge in [-0.25, -0.2) is 0 Å². The fourth-order valence-corrected chi connectivity index (χ4v) is 3.61. The van der Waals surface area contributed by atoms with Crippen LogP contribution < -0.4 is 16.1 Å². The van der Waals surface area contributed by atoms with Crippen LogP contribution in [-0.4, -0.2) is 12.1 Å². The van der Waals surface area contributed by atoms with Crippen LogP contribution in [0, 0.1) is 0 Å². The van der Waals surface area contributed by atoms with Gasteiger partial charge in [0.15, 0.2) is 0 Å². The van der Waals surface area contributed by atoms with Gasteiger partial charge in [-0.05, 0) is 48.1 Å². The van der Waals surface area contributed by atoms with E-state index in [9.17, 15) is 4.79 Å². The van der Waals surface area contributed by atoms with Crippen LogP contribution in [0.25, 0.3) is 0 Å². The van der Waals surface area contributed by atoms with E-state index >= 15 is 0 Å². The van der Waals surface area contributed by atoms with E-state index < -0.39 is 0 Å². The quantitative estimate of drug-likeness (QED) is 0.802. The molecule has 1 heterocycles. The van der Waals surface area contributed by atoms with E-state index in [4.69, 9.17) is 4.84 Å². The highest BCUT2D eigenvalue weighted by atomic mass is 16.7. The van der Waals surface area contributed by atoms with Crippen LogP contribution in [0.2, 0.25) is 0 Å². The van der Waals surface area contributed by atoms with Gasteiger partial charge in [-0.2, -0.15) is 5.48 Å². The zero-order valence-electron chi connectivity index (χ0n) is 14.3. The number of para-hydroxylation sites is 1. The summed E-state index contributed by atoms with van der Waals surface area (Å²) in [4.78, 5) is 18.1. The van der Waals surface area contributed by atoms with Gasteiger partial charge in [0, 0.05) is 5.69 Å². The molecule has 3 atom stereocenters. The molecule has 1 fully saturated rings. The number of amides is 1. The van der Waals surface area contributed by atoms with Crippen molar-refractivity contribution in [2.24, 2.45) is 0 Å². The topological polar surface area (TPSA) is 62.4 Å². The summed E-state index contributed by atoms with van der Waals surface area (Å²) in [5.41, 5.74) is 7.44. The molecular formula is C20H23N3O2. The highest BCUT2D eigenvalue weighted by molar-refractivity contribution is 5.96. The van der Waals surface area contributed by atoms with E-state index in [1.54, 1.807) is 0 Å². The summed E-state index contributed by atoms with van der Waals surface area (Å²) in [6, 6.07) is 16.0. The summed E-state index contributed by atoms with van der Waals surface area (Å²) in [6.07, 6.45) is 2.75. The van der Waals surface area contributed by atoms with Crippen molar-refractivity contribution in [3.8, 4) is 0 Å². The molecule has 3 N–H and O–H groups in total. The molecule has 1 amide bonds. The zero-order valence-corrected chi connectivity index (χ0v) is 14.3. The first-order valence-corrected chi connectivity index (χ1v) is 8.90. The number of hydrogen-bond acceptors (Lipinski definition) is 4. The Morgan fingerprint density at radius 1 is 1.24 bits per heavy atom. The van der Waals surface area contributed by atoms with Crippen molar-refractivity contribution in [3.63, 3.8) is 0 Å². The van der Waals surface area contributed by atoms with Gasteiger partial charge in [0.25, 0.3) is 0 Å². The SMILES string of the molecule is CCC1NC(c2ccc3c(c2)CC[C@H]3C(=O)Nc2ccccc2)NO1. The molecule has 0 radical (unpaired) electrons. The first-order valence-electron chi connectivity index (χ1n) is 8.90. The third kappa shape index (κ3) is 3.31. The molecule has 25 heavy (non-hydrogen) atoms. The Morgan fingerprint density at radius 2 is 2.08 bits per heavy atom. The van der Waals surface area contributed by atoms with Gasteiger partial charge >= 0.3 is 0 Å². The number of nitrogens with one attached hydrogen (secondary N) is 3. The van der Waals surface area contributed by atoms with Crippen LogP contribution in [0.1, 0.15) is 48.5 Å². The number of carbonyl (C=O) groups is 1. The van der Waals surface area contributed by atoms with Crippen molar-refractivity contribution in [1.29, 1.82) is 0 Å². The average molecular weight is 337 g/mol. The Labute approximate surface area is 147 Å². The fourth-order valence-electron chi connectivity index (χ4n) is 3.61. The number of fused-ring (bicyclic) bond motifs is 1. The van der Waals surface area contributed by atoms with Crippen molar-refractivity contribution in [2.45, 2.75) is 44.5 Å². The van der Waals surface area contributed by atoms with Crippen molar-refractivity contribution >= 4 is 11.6 Å². The lowest BCUT2D eigenvalue weighted by Crippen LogP contribution is -2.25.